The standard InChI is InChI=1S/C26H28N4O2.C2HF3O2/c1-18(31)10-4-2-7-15-23(25-28-17-24(29-25)19-11-5-3-6-12-19)30-26(32)21-16-27-22-14-9-8-13-20(21)22;3-2(4,5)1(6)7/h3,5-6,8-9,11-14,16-17,23,27H,2,4,7,10,15H2,1H3,(H,28,29)(H,30,32);(H,6,7)/t23-;/m0./s1. The number of amides is 1. The van der Waals surface area contributed by atoms with Crippen molar-refractivity contribution in [3.8, 4) is 11.3 Å². The number of carbonyl (C=O) groups is 3. The van der Waals surface area contributed by atoms with E-state index in [0.29, 0.717) is 12.0 Å². The molecule has 2 aromatic carbocycles. The van der Waals surface area contributed by atoms with Crippen LogP contribution in [0, 0.1) is 0 Å². The fraction of sp³-hybridized carbons (Fsp3) is 0.286. The molecule has 0 fully saturated rings. The molecule has 0 bridgehead atoms. The van der Waals surface area contributed by atoms with Gasteiger partial charge in [-0.05, 0) is 25.8 Å². The van der Waals surface area contributed by atoms with Crippen molar-refractivity contribution in [1.82, 2.24) is 15.3 Å². The number of Topliss-reactive ketones (excluding diaryl/α,β-unsaturated/α-hetero) is 1. The van der Waals surface area contributed by atoms with Crippen LogP contribution in [0.25, 0.3) is 22.2 Å². The number of carbonyl (C=O) groups excluding carboxylic acids is 3. The first-order valence-electron chi connectivity index (χ1n) is 12.4. The summed E-state index contributed by atoms with van der Waals surface area (Å²) in [6.07, 6.45) is 2.63. The number of ketones is 1. The van der Waals surface area contributed by atoms with Gasteiger partial charge in [0.15, 0.2) is 5.69 Å². The van der Waals surface area contributed by atoms with E-state index in [9.17, 15) is 22.8 Å². The first kappa shape index (κ1) is 29.2. The Bertz CT molecular complexity index is 1400. The lowest BCUT2D eigenvalue weighted by Crippen LogP contribution is -2.37. The molecular weight excluding hydrogens is 513 g/mol. The Morgan fingerprint density at radius 2 is 1.67 bits per heavy atom. The van der Waals surface area contributed by atoms with Crippen molar-refractivity contribution in [2.24, 2.45) is 0 Å². The third kappa shape index (κ3) is 8.56. The second-order valence-corrected chi connectivity index (χ2v) is 8.97. The summed E-state index contributed by atoms with van der Waals surface area (Å²) < 4.78 is 31.5. The Morgan fingerprint density at radius 1 is 1.00 bits per heavy atom. The fourth-order valence-electron chi connectivity index (χ4n) is 4.01. The van der Waals surface area contributed by atoms with Gasteiger partial charge in [-0.15, -0.1) is 0 Å². The molecular formula is C28H29F3N4O4. The number of para-hydroxylation sites is 1. The van der Waals surface area contributed by atoms with E-state index >= 15 is 0 Å². The minimum Gasteiger partial charge on any atom is -0.542 e. The number of benzene rings is 2. The predicted molar refractivity (Wildman–Crippen MR) is 136 cm³/mol. The van der Waals surface area contributed by atoms with E-state index in [1.54, 1.807) is 13.1 Å². The molecule has 2 aromatic heterocycles. The van der Waals surface area contributed by atoms with E-state index in [4.69, 9.17) is 9.90 Å². The summed E-state index contributed by atoms with van der Waals surface area (Å²) in [5.41, 5.74) is 3.63. The zero-order chi connectivity index (χ0) is 28.4. The van der Waals surface area contributed by atoms with Gasteiger partial charge in [0.05, 0.1) is 5.56 Å². The van der Waals surface area contributed by atoms with Crippen molar-refractivity contribution in [3.63, 3.8) is 0 Å². The molecule has 206 valence electrons. The van der Waals surface area contributed by atoms with Crippen LogP contribution < -0.4 is 15.4 Å². The number of hydrogen-bond acceptors (Lipinski definition) is 4. The number of nitrogens with one attached hydrogen (secondary N) is 4. The van der Waals surface area contributed by atoms with Gasteiger partial charge >= 0.3 is 6.18 Å². The Balaban J connectivity index is 0.000000532. The number of halogens is 3. The van der Waals surface area contributed by atoms with Crippen molar-refractivity contribution < 1.29 is 37.6 Å². The number of hydrogen-bond donors (Lipinski definition) is 3. The van der Waals surface area contributed by atoms with Crippen molar-refractivity contribution >= 4 is 28.6 Å². The van der Waals surface area contributed by atoms with Crippen LogP contribution in [0.4, 0.5) is 13.2 Å². The molecule has 0 aliphatic heterocycles. The lowest BCUT2D eigenvalue weighted by molar-refractivity contribution is -0.391. The smallest absolute Gasteiger partial charge is 0.430 e. The third-order valence-electron chi connectivity index (χ3n) is 5.97. The highest BCUT2D eigenvalue weighted by Crippen LogP contribution is 2.23. The highest BCUT2D eigenvalue weighted by Gasteiger charge is 2.29. The zero-order valence-electron chi connectivity index (χ0n) is 21.2. The SMILES string of the molecule is CC(=O)CCCCC[C@H](NC(=O)c1c[nH]c2ccccc12)c1[nH]c(-c2ccccc2)c[nH+]1.O=C([O-])C(F)(F)F. The molecule has 4 N–H and O–H groups in total. The number of imidazole rings is 1. The van der Waals surface area contributed by atoms with Gasteiger partial charge in [-0.25, -0.2) is 9.97 Å². The van der Waals surface area contributed by atoms with Gasteiger partial charge in [-0.2, -0.15) is 13.2 Å². The minimum atomic E-state index is -5.19. The monoisotopic (exact) mass is 542 g/mol. The summed E-state index contributed by atoms with van der Waals surface area (Å²) in [4.78, 5) is 43.1. The first-order chi connectivity index (χ1) is 18.6. The molecule has 4 rings (SSSR count). The van der Waals surface area contributed by atoms with Gasteiger partial charge in [0, 0.05) is 29.1 Å². The first-order valence-corrected chi connectivity index (χ1v) is 12.4. The number of alkyl halides is 3. The highest BCUT2D eigenvalue weighted by atomic mass is 19.4. The van der Waals surface area contributed by atoms with E-state index in [2.05, 4.69) is 20.3 Å². The molecule has 4 aromatic rings. The lowest BCUT2D eigenvalue weighted by Gasteiger charge is -2.14. The average Bonchev–Trinajstić information content (AvgIpc) is 3.56. The van der Waals surface area contributed by atoms with Crippen molar-refractivity contribution in [2.45, 2.75) is 51.2 Å². The highest BCUT2D eigenvalue weighted by molar-refractivity contribution is 6.06. The van der Waals surface area contributed by atoms with Gasteiger partial charge in [0.2, 0.25) is 0 Å². The third-order valence-corrected chi connectivity index (χ3v) is 5.97. The molecule has 8 nitrogen and oxygen atoms in total. The molecule has 0 aliphatic rings. The lowest BCUT2D eigenvalue weighted by atomic mass is 10.0. The average molecular weight is 543 g/mol. The van der Waals surface area contributed by atoms with Crippen LogP contribution in [0.2, 0.25) is 0 Å². The molecule has 0 saturated heterocycles. The minimum absolute atomic E-state index is 0.111. The molecule has 39 heavy (non-hydrogen) atoms. The number of H-pyrrole nitrogens is 3. The van der Waals surface area contributed by atoms with Crippen LogP contribution in [0.3, 0.4) is 0 Å². The Hall–Kier alpha value is -4.41. The largest absolute Gasteiger partial charge is 0.542 e. The molecule has 0 unspecified atom stereocenters. The quantitative estimate of drug-likeness (QED) is 0.258. The van der Waals surface area contributed by atoms with Crippen molar-refractivity contribution in [2.75, 3.05) is 0 Å². The van der Waals surface area contributed by atoms with E-state index in [0.717, 1.165) is 53.7 Å². The van der Waals surface area contributed by atoms with Crippen molar-refractivity contribution in [1.29, 1.82) is 0 Å². The maximum atomic E-state index is 13.2. The molecule has 11 heteroatoms. The molecule has 2 heterocycles. The molecule has 1 amide bonds. The van der Waals surface area contributed by atoms with Gasteiger partial charge in [0.25, 0.3) is 11.7 Å². The van der Waals surface area contributed by atoms with Crippen LogP contribution in [0.5, 0.6) is 0 Å². The number of unbranched alkanes of at least 4 members (excludes halogenated alkanes) is 2. The second-order valence-electron chi connectivity index (χ2n) is 8.97. The molecule has 0 spiro atoms. The van der Waals surface area contributed by atoms with Crippen LogP contribution in [0.15, 0.2) is 67.0 Å². The summed E-state index contributed by atoms with van der Waals surface area (Å²) in [5, 5.41) is 12.9. The second kappa shape index (κ2) is 13.4. The number of carboxylic acids is 1. The maximum Gasteiger partial charge on any atom is 0.430 e. The van der Waals surface area contributed by atoms with Crippen LogP contribution in [-0.4, -0.2) is 33.8 Å². The number of fused-ring (bicyclic) bond motifs is 1. The van der Waals surface area contributed by atoms with Gasteiger partial charge in [-0.3, -0.25) is 4.79 Å². The van der Waals surface area contributed by atoms with Crippen molar-refractivity contribution in [3.05, 3.63) is 78.4 Å². The normalized spacial score (nSPS) is 11.9. The number of aromatic amines is 3. The van der Waals surface area contributed by atoms with Gasteiger partial charge in [-0.1, -0.05) is 61.4 Å². The van der Waals surface area contributed by atoms with Gasteiger partial charge in [0.1, 0.15) is 24.0 Å². The van der Waals surface area contributed by atoms with E-state index < -0.39 is 12.1 Å². The number of rotatable bonds is 10. The molecule has 0 radical (unpaired) electrons. The Morgan fingerprint density at radius 3 is 2.33 bits per heavy atom. The predicted octanol–water partition coefficient (Wildman–Crippen LogP) is 4.29. The van der Waals surface area contributed by atoms with Crippen LogP contribution >= 0.6 is 0 Å². The van der Waals surface area contributed by atoms with Crippen LogP contribution in [0.1, 0.15) is 61.3 Å². The van der Waals surface area contributed by atoms with E-state index in [1.807, 2.05) is 60.8 Å². The number of aliphatic carboxylic acids is 1. The zero-order valence-corrected chi connectivity index (χ0v) is 21.2. The van der Waals surface area contributed by atoms with E-state index in [-0.39, 0.29) is 17.7 Å². The number of aromatic nitrogens is 3. The summed E-state index contributed by atoms with van der Waals surface area (Å²) in [6, 6.07) is 17.7. The molecule has 1 atom stereocenters. The summed E-state index contributed by atoms with van der Waals surface area (Å²) >= 11 is 0. The fourth-order valence-corrected chi connectivity index (χ4v) is 4.01. The Labute approximate surface area is 222 Å². The van der Waals surface area contributed by atoms with E-state index in [1.165, 1.54) is 0 Å². The Kier molecular flexibility index (Phi) is 10.0. The summed E-state index contributed by atoms with van der Waals surface area (Å²) in [6.45, 7) is 1.63. The van der Waals surface area contributed by atoms with Crippen LogP contribution in [-0.2, 0) is 9.59 Å². The topological polar surface area (TPSA) is 132 Å². The molecule has 0 saturated carbocycles. The molecule has 0 aliphatic carbocycles. The number of carboxylic acid groups (broad SMARTS) is 1. The van der Waals surface area contributed by atoms with Gasteiger partial charge < -0.3 is 25.0 Å². The maximum absolute atomic E-state index is 13.2. The summed E-state index contributed by atoms with van der Waals surface area (Å²) in [7, 11) is 0. The summed E-state index contributed by atoms with van der Waals surface area (Å²) in [5.74, 6) is -2.03.